The molecule has 1 fully saturated rings. The summed E-state index contributed by atoms with van der Waals surface area (Å²) in [7, 11) is 0. The van der Waals surface area contributed by atoms with Crippen molar-refractivity contribution in [3.63, 3.8) is 0 Å². The molecule has 1 saturated carbocycles. The summed E-state index contributed by atoms with van der Waals surface area (Å²) in [4.78, 5) is 22.5. The third kappa shape index (κ3) is 4.54. The number of rotatable bonds is 5. The second kappa shape index (κ2) is 9.88. The number of hydrogen-bond acceptors (Lipinski definition) is 3. The lowest BCUT2D eigenvalue weighted by atomic mass is 9.75. The van der Waals surface area contributed by atoms with E-state index in [4.69, 9.17) is 0 Å². The van der Waals surface area contributed by atoms with Crippen molar-refractivity contribution in [2.75, 3.05) is 0 Å². The van der Waals surface area contributed by atoms with Gasteiger partial charge in [0.25, 0.3) is 12.0 Å². The van der Waals surface area contributed by atoms with Gasteiger partial charge in [-0.3, -0.25) is 14.3 Å². The Morgan fingerprint density at radius 1 is 1.00 bits per heavy atom. The number of nitrogens with zero attached hydrogens (tertiary/aromatic N) is 3. The normalized spacial score (nSPS) is 18.2. The summed E-state index contributed by atoms with van der Waals surface area (Å²) in [5.41, 5.74) is 3.35. The summed E-state index contributed by atoms with van der Waals surface area (Å²) < 4.78 is 43.3. The molecule has 186 valence electrons. The zero-order chi connectivity index (χ0) is 25.4. The molecule has 1 aliphatic rings. The smallest absolute Gasteiger partial charge is 0.265 e. The van der Waals surface area contributed by atoms with Gasteiger partial charge in [0.15, 0.2) is 0 Å². The van der Waals surface area contributed by atoms with Gasteiger partial charge in [-0.15, -0.1) is 0 Å². The lowest BCUT2D eigenvalue weighted by Crippen LogP contribution is -2.29. The lowest BCUT2D eigenvalue weighted by Gasteiger charge is -2.30. The van der Waals surface area contributed by atoms with E-state index in [1.54, 1.807) is 6.07 Å². The molecular weight excluding hydrogens is 463 g/mol. The van der Waals surface area contributed by atoms with E-state index in [0.717, 1.165) is 47.9 Å². The van der Waals surface area contributed by atoms with Gasteiger partial charge in [0, 0.05) is 28.4 Å². The van der Waals surface area contributed by atoms with E-state index in [1.165, 1.54) is 29.0 Å². The van der Waals surface area contributed by atoms with E-state index >= 15 is 0 Å². The maximum atomic E-state index is 14.6. The minimum atomic E-state index is -2.69. The van der Waals surface area contributed by atoms with Crippen molar-refractivity contribution >= 4 is 11.0 Å². The summed E-state index contributed by atoms with van der Waals surface area (Å²) in [6.45, 7) is 3.69. The molecule has 0 bridgehead atoms. The van der Waals surface area contributed by atoms with Crippen molar-refractivity contribution < 1.29 is 13.2 Å². The van der Waals surface area contributed by atoms with Crippen LogP contribution in [0.2, 0.25) is 0 Å². The van der Waals surface area contributed by atoms with Crippen molar-refractivity contribution in [3.8, 4) is 0 Å². The van der Waals surface area contributed by atoms with E-state index in [1.807, 2.05) is 38.1 Å². The Morgan fingerprint density at radius 3 is 2.47 bits per heavy atom. The SMILES string of the molecule is Cc1ccc2cc([C@H]3CC[C@H](c4c(C)cccc4F)CC3)c(=O)n(Cc3ncccc3C(F)F)c2n1. The van der Waals surface area contributed by atoms with Crippen LogP contribution in [-0.4, -0.2) is 14.5 Å². The van der Waals surface area contributed by atoms with Crippen molar-refractivity contribution in [2.45, 2.75) is 64.3 Å². The second-order valence-corrected chi connectivity index (χ2v) is 9.72. The van der Waals surface area contributed by atoms with Crippen molar-refractivity contribution in [1.29, 1.82) is 0 Å². The van der Waals surface area contributed by atoms with Gasteiger partial charge in [0.05, 0.1) is 12.2 Å². The fourth-order valence-corrected chi connectivity index (χ4v) is 5.59. The highest BCUT2D eigenvalue weighted by Gasteiger charge is 2.29. The van der Waals surface area contributed by atoms with Crippen molar-refractivity contribution in [1.82, 2.24) is 14.5 Å². The van der Waals surface area contributed by atoms with Crippen LogP contribution in [0, 0.1) is 19.7 Å². The first kappa shape index (κ1) is 24.2. The number of aromatic nitrogens is 3. The predicted molar refractivity (Wildman–Crippen MR) is 134 cm³/mol. The van der Waals surface area contributed by atoms with E-state index in [-0.39, 0.29) is 41.0 Å². The monoisotopic (exact) mass is 491 g/mol. The fourth-order valence-electron chi connectivity index (χ4n) is 5.59. The Labute approximate surface area is 207 Å². The average molecular weight is 492 g/mol. The summed E-state index contributed by atoms with van der Waals surface area (Å²) in [5, 5.41) is 0.789. The lowest BCUT2D eigenvalue weighted by molar-refractivity contribution is 0.149. The number of benzene rings is 1. The molecule has 0 atom stereocenters. The number of alkyl halides is 2. The largest absolute Gasteiger partial charge is 0.286 e. The molecule has 0 radical (unpaired) electrons. The number of hydrogen-bond donors (Lipinski definition) is 0. The molecule has 1 aromatic carbocycles. The minimum absolute atomic E-state index is 0.0103. The van der Waals surface area contributed by atoms with E-state index in [9.17, 15) is 18.0 Å². The molecule has 0 spiro atoms. The Kier molecular flexibility index (Phi) is 6.65. The molecule has 0 unspecified atom stereocenters. The van der Waals surface area contributed by atoms with Crippen LogP contribution in [0.3, 0.4) is 0 Å². The van der Waals surface area contributed by atoms with Gasteiger partial charge in [-0.2, -0.15) is 0 Å². The first-order valence-electron chi connectivity index (χ1n) is 12.3. The summed E-state index contributed by atoms with van der Waals surface area (Å²) in [5.74, 6) is -0.0363. The van der Waals surface area contributed by atoms with Crippen LogP contribution >= 0.6 is 0 Å². The highest BCUT2D eigenvalue weighted by atomic mass is 19.3. The standard InChI is InChI=1S/C29H28F3N3O/c1-17-5-3-7-24(30)26(17)20-12-10-19(11-13-20)23-15-21-9-8-18(2)34-28(21)35(29(23)36)16-25-22(27(31)32)6-4-14-33-25/h3-9,14-15,19-20,27H,10-13,16H2,1-2H3/t19-,20-. The zero-order valence-electron chi connectivity index (χ0n) is 20.3. The fraction of sp³-hybridized carbons (Fsp3) is 0.345. The molecule has 3 aromatic heterocycles. The molecule has 7 heteroatoms. The summed E-state index contributed by atoms with van der Waals surface area (Å²) >= 11 is 0. The molecule has 0 N–H and O–H groups in total. The van der Waals surface area contributed by atoms with Gasteiger partial charge >= 0.3 is 0 Å². The van der Waals surface area contributed by atoms with Gasteiger partial charge in [-0.05, 0) is 98.9 Å². The van der Waals surface area contributed by atoms with E-state index in [0.29, 0.717) is 11.2 Å². The number of fused-ring (bicyclic) bond motifs is 1. The topological polar surface area (TPSA) is 47.8 Å². The van der Waals surface area contributed by atoms with Crippen LogP contribution in [0.5, 0.6) is 0 Å². The minimum Gasteiger partial charge on any atom is -0.286 e. The maximum Gasteiger partial charge on any atom is 0.265 e. The van der Waals surface area contributed by atoms with Crippen LogP contribution < -0.4 is 5.56 Å². The molecular formula is C29H28F3N3O. The molecule has 4 nitrogen and oxygen atoms in total. The first-order valence-corrected chi connectivity index (χ1v) is 12.3. The molecule has 4 aromatic rings. The third-order valence-corrected chi connectivity index (χ3v) is 7.42. The van der Waals surface area contributed by atoms with Crippen molar-refractivity contribution in [3.05, 3.63) is 105 Å². The molecule has 0 aliphatic heterocycles. The van der Waals surface area contributed by atoms with Crippen molar-refractivity contribution in [2.24, 2.45) is 0 Å². The molecule has 36 heavy (non-hydrogen) atoms. The molecule has 3 heterocycles. The quantitative estimate of drug-likeness (QED) is 0.303. The van der Waals surface area contributed by atoms with Crippen LogP contribution in [0.4, 0.5) is 13.2 Å². The Hall–Kier alpha value is -3.48. The Morgan fingerprint density at radius 2 is 1.75 bits per heavy atom. The summed E-state index contributed by atoms with van der Waals surface area (Å²) in [6.07, 6.45) is 1.85. The van der Waals surface area contributed by atoms with Crippen LogP contribution in [0.1, 0.15) is 77.6 Å². The zero-order valence-corrected chi connectivity index (χ0v) is 20.3. The van der Waals surface area contributed by atoms with Crippen LogP contribution in [0.25, 0.3) is 11.0 Å². The van der Waals surface area contributed by atoms with Gasteiger partial charge < -0.3 is 0 Å². The number of halogens is 3. The van der Waals surface area contributed by atoms with Gasteiger partial charge in [0.2, 0.25) is 0 Å². The first-order chi connectivity index (χ1) is 17.3. The predicted octanol–water partition coefficient (Wildman–Crippen LogP) is 6.97. The van der Waals surface area contributed by atoms with Crippen LogP contribution in [-0.2, 0) is 6.54 Å². The molecule has 1 aliphatic carbocycles. The van der Waals surface area contributed by atoms with E-state index < -0.39 is 6.43 Å². The Balaban J connectivity index is 1.52. The molecule has 0 saturated heterocycles. The van der Waals surface area contributed by atoms with Gasteiger partial charge in [-0.1, -0.05) is 12.1 Å². The molecule has 5 rings (SSSR count). The van der Waals surface area contributed by atoms with Gasteiger partial charge in [0.1, 0.15) is 11.5 Å². The van der Waals surface area contributed by atoms with Crippen LogP contribution in [0.15, 0.2) is 59.5 Å². The average Bonchev–Trinajstić information content (AvgIpc) is 2.86. The second-order valence-electron chi connectivity index (χ2n) is 9.72. The number of aryl methyl sites for hydroxylation is 2. The molecule has 0 amide bonds. The maximum absolute atomic E-state index is 14.6. The third-order valence-electron chi connectivity index (χ3n) is 7.42. The highest BCUT2D eigenvalue weighted by Crippen LogP contribution is 2.41. The summed E-state index contributed by atoms with van der Waals surface area (Å²) in [6, 6.07) is 13.7. The number of pyridine rings is 3. The van der Waals surface area contributed by atoms with E-state index in [2.05, 4.69) is 9.97 Å². The highest BCUT2D eigenvalue weighted by molar-refractivity contribution is 5.76. The Bertz CT molecular complexity index is 1450. The van der Waals surface area contributed by atoms with Gasteiger partial charge in [-0.25, -0.2) is 18.2 Å².